The molecule has 1 aliphatic heterocycles. The topological polar surface area (TPSA) is 49.7 Å². The molecule has 6 heteroatoms. The smallest absolute Gasteiger partial charge is 0.0996 e. The Morgan fingerprint density at radius 1 is 1.52 bits per heavy atom. The molecule has 0 aromatic rings. The molecule has 1 rings (SSSR count). The fourth-order valence-corrected chi connectivity index (χ4v) is 2.91. The zero-order valence-corrected chi connectivity index (χ0v) is 16.4. The third-order valence-corrected chi connectivity index (χ3v) is 5.25. The maximum Gasteiger partial charge on any atom is 0.0996 e. The molecule has 21 heavy (non-hydrogen) atoms. The Morgan fingerprint density at radius 2 is 2.24 bits per heavy atom. The minimum Gasteiger partial charge on any atom is -0.390 e. The van der Waals surface area contributed by atoms with Crippen LogP contribution in [0, 0.1) is 0 Å². The third-order valence-electron chi connectivity index (χ3n) is 3.09. The van der Waals surface area contributed by atoms with Gasteiger partial charge in [0.1, 0.15) is 0 Å². The van der Waals surface area contributed by atoms with E-state index in [-0.39, 0.29) is 10.9 Å². The van der Waals surface area contributed by atoms with Crippen molar-refractivity contribution in [3.05, 3.63) is 39.5 Å². The fourth-order valence-electron chi connectivity index (χ4n) is 1.95. The molecule has 0 radical (unpaired) electrons. The Morgan fingerprint density at radius 3 is 2.86 bits per heavy atom. The second-order valence-electron chi connectivity index (χ2n) is 4.67. The van der Waals surface area contributed by atoms with Gasteiger partial charge in [0.2, 0.25) is 0 Å². The Balaban J connectivity index is 2.62. The van der Waals surface area contributed by atoms with Crippen LogP contribution in [-0.2, 0) is 4.74 Å². The molecule has 1 aliphatic rings. The predicted molar refractivity (Wildman–Crippen MR) is 96.0 cm³/mol. The van der Waals surface area contributed by atoms with Gasteiger partial charge in [0.05, 0.1) is 29.2 Å². The molecular weight excluding hydrogens is 468 g/mol. The summed E-state index contributed by atoms with van der Waals surface area (Å²) in [5.74, 6) is 0. The van der Waals surface area contributed by atoms with Crippen LogP contribution in [-0.4, -0.2) is 39.5 Å². The van der Waals surface area contributed by atoms with E-state index in [1.807, 2.05) is 13.0 Å². The summed E-state index contributed by atoms with van der Waals surface area (Å²) in [6.45, 7) is 2.04. The first-order valence-corrected chi connectivity index (χ1v) is 9.31. The molecule has 1 heterocycles. The summed E-state index contributed by atoms with van der Waals surface area (Å²) in [6, 6.07) is 0. The summed E-state index contributed by atoms with van der Waals surface area (Å²) in [7, 11) is 0. The van der Waals surface area contributed by atoms with Crippen LogP contribution in [0.25, 0.3) is 0 Å². The van der Waals surface area contributed by atoms with Gasteiger partial charge >= 0.3 is 0 Å². The summed E-state index contributed by atoms with van der Waals surface area (Å²) in [4.78, 5) is 1.24. The number of allylic oxidation sites excluding steroid dienone is 3. The van der Waals surface area contributed by atoms with E-state index in [0.717, 1.165) is 10.9 Å². The highest BCUT2D eigenvalue weighted by molar-refractivity contribution is 9.11. The van der Waals surface area contributed by atoms with Gasteiger partial charge in [-0.2, -0.15) is 0 Å². The molecule has 118 valence electrons. The normalized spacial score (nSPS) is 29.2. The zero-order chi connectivity index (χ0) is 15.8. The van der Waals surface area contributed by atoms with Gasteiger partial charge in [-0.05, 0) is 17.0 Å². The summed E-state index contributed by atoms with van der Waals surface area (Å²) in [5, 5.41) is 20.2. The van der Waals surface area contributed by atoms with Crippen LogP contribution in [0.5, 0.6) is 0 Å². The highest BCUT2D eigenvalue weighted by Crippen LogP contribution is 2.29. The van der Waals surface area contributed by atoms with Gasteiger partial charge < -0.3 is 14.9 Å². The summed E-state index contributed by atoms with van der Waals surface area (Å²) >= 11 is 9.96. The van der Waals surface area contributed by atoms with Crippen LogP contribution < -0.4 is 0 Å². The van der Waals surface area contributed by atoms with Gasteiger partial charge in [-0.15, -0.1) is 5.73 Å². The molecule has 0 spiro atoms. The predicted octanol–water partition coefficient (Wildman–Crippen LogP) is 3.94. The lowest BCUT2D eigenvalue weighted by Crippen LogP contribution is -2.37. The maximum atomic E-state index is 10.1. The Hall–Kier alpha value is 0.320. The van der Waals surface area contributed by atoms with Gasteiger partial charge in [-0.25, -0.2) is 0 Å². The van der Waals surface area contributed by atoms with Crippen molar-refractivity contribution in [3.63, 3.8) is 0 Å². The monoisotopic (exact) mass is 484 g/mol. The number of hydrogen-bond donors (Lipinski definition) is 2. The number of ether oxygens (including phenoxy) is 1. The SMILES string of the molecule is CC/C(Br)=C\C=C\C(O)C(Br)C1OC(C=C=CBr)CC1O. The lowest BCUT2D eigenvalue weighted by molar-refractivity contribution is 0.00627. The highest BCUT2D eigenvalue weighted by Gasteiger charge is 2.39. The van der Waals surface area contributed by atoms with Crippen molar-refractivity contribution in [2.75, 3.05) is 0 Å². The summed E-state index contributed by atoms with van der Waals surface area (Å²) in [5.41, 5.74) is 2.88. The molecule has 0 bridgehead atoms. The molecule has 0 saturated carbocycles. The number of halogens is 3. The quantitative estimate of drug-likeness (QED) is 0.340. The largest absolute Gasteiger partial charge is 0.390 e. The van der Waals surface area contributed by atoms with E-state index in [9.17, 15) is 10.2 Å². The van der Waals surface area contributed by atoms with E-state index in [1.54, 1.807) is 23.2 Å². The lowest BCUT2D eigenvalue weighted by Gasteiger charge is -2.23. The van der Waals surface area contributed by atoms with Gasteiger partial charge in [-0.1, -0.05) is 72.9 Å². The average Bonchev–Trinajstić information content (AvgIpc) is 2.84. The second kappa shape index (κ2) is 10.2. The molecule has 0 amide bonds. The first-order chi connectivity index (χ1) is 9.99. The van der Waals surface area contributed by atoms with E-state index < -0.39 is 18.3 Å². The van der Waals surface area contributed by atoms with Crippen molar-refractivity contribution in [1.82, 2.24) is 0 Å². The van der Waals surface area contributed by atoms with Crippen molar-refractivity contribution >= 4 is 47.8 Å². The van der Waals surface area contributed by atoms with Crippen molar-refractivity contribution in [1.29, 1.82) is 0 Å². The van der Waals surface area contributed by atoms with Crippen LogP contribution in [0.3, 0.4) is 0 Å². The third kappa shape index (κ3) is 6.53. The van der Waals surface area contributed by atoms with Crippen molar-refractivity contribution in [2.45, 2.75) is 49.0 Å². The van der Waals surface area contributed by atoms with Gasteiger partial charge in [0.15, 0.2) is 0 Å². The molecule has 0 aromatic carbocycles. The van der Waals surface area contributed by atoms with E-state index in [0.29, 0.717) is 6.42 Å². The molecule has 1 saturated heterocycles. The van der Waals surface area contributed by atoms with Crippen molar-refractivity contribution in [3.8, 4) is 0 Å². The molecule has 0 aliphatic carbocycles. The Labute approximate surface area is 150 Å². The number of aliphatic hydroxyl groups is 2. The van der Waals surface area contributed by atoms with E-state index in [2.05, 4.69) is 53.5 Å². The van der Waals surface area contributed by atoms with Crippen LogP contribution in [0.15, 0.2) is 39.5 Å². The average molecular weight is 487 g/mol. The van der Waals surface area contributed by atoms with Crippen LogP contribution >= 0.6 is 47.8 Å². The van der Waals surface area contributed by atoms with E-state index in [1.165, 1.54) is 0 Å². The Bertz CT molecular complexity index is 441. The molecule has 3 nitrogen and oxygen atoms in total. The molecular formula is C15H19Br3O3. The number of aliphatic hydroxyl groups excluding tert-OH is 2. The number of alkyl halides is 1. The molecule has 5 unspecified atom stereocenters. The second-order valence-corrected chi connectivity index (χ2v) is 7.21. The van der Waals surface area contributed by atoms with Crippen LogP contribution in [0.4, 0.5) is 0 Å². The highest BCUT2D eigenvalue weighted by atomic mass is 79.9. The van der Waals surface area contributed by atoms with Crippen molar-refractivity contribution < 1.29 is 14.9 Å². The lowest BCUT2D eigenvalue weighted by atomic mass is 10.0. The number of hydrogen-bond acceptors (Lipinski definition) is 3. The van der Waals surface area contributed by atoms with Gasteiger partial charge in [0, 0.05) is 11.4 Å². The van der Waals surface area contributed by atoms with Crippen LogP contribution in [0.1, 0.15) is 19.8 Å². The standard InChI is InChI=1S/C15H19Br3O3/c1-2-10(17)5-3-7-12(19)14(18)15-13(20)9-11(21-15)6-4-8-16/h3,5-8,11-15,19-20H,2,9H2,1H3/b7-3+,10-5+. The van der Waals surface area contributed by atoms with Crippen molar-refractivity contribution in [2.24, 2.45) is 0 Å². The van der Waals surface area contributed by atoms with E-state index >= 15 is 0 Å². The molecule has 2 N–H and O–H groups in total. The summed E-state index contributed by atoms with van der Waals surface area (Å²) < 4.78 is 6.79. The van der Waals surface area contributed by atoms with Gasteiger partial charge in [0.25, 0.3) is 0 Å². The minimum atomic E-state index is -0.743. The van der Waals surface area contributed by atoms with Crippen LogP contribution in [0.2, 0.25) is 0 Å². The maximum absolute atomic E-state index is 10.1. The fraction of sp³-hybridized carbons (Fsp3) is 0.533. The molecule has 1 fully saturated rings. The van der Waals surface area contributed by atoms with Gasteiger partial charge in [-0.3, -0.25) is 0 Å². The minimum absolute atomic E-state index is 0.191. The summed E-state index contributed by atoms with van der Waals surface area (Å²) in [6.07, 6.45) is 6.50. The molecule has 5 atom stereocenters. The molecule has 0 aromatic heterocycles. The first kappa shape index (κ1) is 19.4. The zero-order valence-electron chi connectivity index (χ0n) is 11.6. The number of rotatable bonds is 6. The Kier molecular flexibility index (Phi) is 9.37. The van der Waals surface area contributed by atoms with E-state index in [4.69, 9.17) is 4.74 Å². The first-order valence-electron chi connectivity index (χ1n) is 6.69.